The molecule has 0 saturated carbocycles. The maximum absolute atomic E-state index is 13.1. The lowest BCUT2D eigenvalue weighted by Gasteiger charge is -2.34. The molecule has 11 heteroatoms. The zero-order valence-corrected chi connectivity index (χ0v) is 19.4. The first-order valence-electron chi connectivity index (χ1n) is 10.8. The van der Waals surface area contributed by atoms with Gasteiger partial charge in [-0.2, -0.15) is 4.31 Å². The molecule has 4 rings (SSSR count). The van der Waals surface area contributed by atoms with Crippen molar-refractivity contribution in [1.82, 2.24) is 14.1 Å². The number of fused-ring (bicyclic) bond motifs is 1. The highest BCUT2D eigenvalue weighted by atomic mass is 32.2. The maximum Gasteiger partial charge on any atom is 0.243 e. The smallest absolute Gasteiger partial charge is 0.243 e. The molecule has 1 aliphatic carbocycles. The highest BCUT2D eigenvalue weighted by Gasteiger charge is 2.48. The van der Waals surface area contributed by atoms with Crippen LogP contribution in [0.15, 0.2) is 35.2 Å². The number of likely N-dealkylation sites (tertiary alicyclic amines) is 1. The summed E-state index contributed by atoms with van der Waals surface area (Å²) in [5.74, 6) is -0.963. The van der Waals surface area contributed by atoms with Crippen LogP contribution in [0.5, 0.6) is 11.5 Å². The number of rotatable bonds is 6. The van der Waals surface area contributed by atoms with Gasteiger partial charge in [0, 0.05) is 32.2 Å². The number of imide groups is 1. The Balaban J connectivity index is 1.38. The summed E-state index contributed by atoms with van der Waals surface area (Å²) in [6.07, 6.45) is 4.84. The minimum atomic E-state index is -3.79. The van der Waals surface area contributed by atoms with E-state index in [-0.39, 0.29) is 67.2 Å². The number of hydrogen-bond donors (Lipinski definition) is 0. The van der Waals surface area contributed by atoms with Gasteiger partial charge < -0.3 is 14.4 Å². The molecule has 2 heterocycles. The van der Waals surface area contributed by atoms with E-state index in [2.05, 4.69) is 0 Å². The molecule has 33 heavy (non-hydrogen) atoms. The average molecular weight is 478 g/mol. The lowest BCUT2D eigenvalue weighted by atomic mass is 9.85. The zero-order valence-electron chi connectivity index (χ0n) is 18.6. The monoisotopic (exact) mass is 477 g/mol. The molecule has 178 valence electrons. The van der Waals surface area contributed by atoms with Gasteiger partial charge in [0.1, 0.15) is 6.54 Å². The molecule has 2 saturated heterocycles. The zero-order chi connectivity index (χ0) is 23.8. The second-order valence-electron chi connectivity index (χ2n) is 8.22. The van der Waals surface area contributed by atoms with Crippen LogP contribution in [-0.4, -0.2) is 87.2 Å². The van der Waals surface area contributed by atoms with Crippen LogP contribution in [-0.2, 0) is 24.4 Å². The van der Waals surface area contributed by atoms with Crippen LogP contribution in [0.4, 0.5) is 0 Å². The maximum atomic E-state index is 13.1. The number of piperazine rings is 1. The number of carbonyl (C=O) groups is 3. The van der Waals surface area contributed by atoms with Crippen molar-refractivity contribution in [2.75, 3.05) is 46.9 Å². The molecule has 0 aromatic heterocycles. The van der Waals surface area contributed by atoms with Crippen LogP contribution >= 0.6 is 0 Å². The molecular weight excluding hydrogens is 450 g/mol. The predicted molar refractivity (Wildman–Crippen MR) is 117 cm³/mol. The van der Waals surface area contributed by atoms with Crippen LogP contribution in [0.3, 0.4) is 0 Å². The number of amides is 3. The second kappa shape index (κ2) is 9.14. The van der Waals surface area contributed by atoms with E-state index in [1.54, 1.807) is 0 Å². The van der Waals surface area contributed by atoms with Crippen molar-refractivity contribution < 1.29 is 32.3 Å². The standard InChI is InChI=1S/C22H27N3O7S/c1-31-18-8-7-15(13-19(18)32-2)33(29,30)24-11-9-23(10-12-24)20(26)14-25-21(27)16-5-3-4-6-17(16)22(25)28/h3-4,7-8,13,16-17H,5-6,9-12,14H2,1-2H3. The largest absolute Gasteiger partial charge is 0.493 e. The quantitative estimate of drug-likeness (QED) is 0.433. The number of benzene rings is 1. The summed E-state index contributed by atoms with van der Waals surface area (Å²) in [4.78, 5) is 40.6. The van der Waals surface area contributed by atoms with E-state index in [1.165, 1.54) is 41.6 Å². The molecule has 2 atom stereocenters. The lowest BCUT2D eigenvalue weighted by molar-refractivity contribution is -0.147. The Morgan fingerprint density at radius 2 is 1.52 bits per heavy atom. The minimum absolute atomic E-state index is 0.0735. The van der Waals surface area contributed by atoms with Gasteiger partial charge in [-0.25, -0.2) is 8.42 Å². The first-order valence-corrected chi connectivity index (χ1v) is 12.2. The Labute approximate surface area is 192 Å². The fraction of sp³-hybridized carbons (Fsp3) is 0.500. The Hall–Kier alpha value is -2.92. The average Bonchev–Trinajstić information content (AvgIpc) is 3.08. The summed E-state index contributed by atoms with van der Waals surface area (Å²) in [6.45, 7) is 0.276. The molecule has 0 N–H and O–H groups in total. The Bertz CT molecular complexity index is 1070. The topological polar surface area (TPSA) is 114 Å². The molecule has 0 radical (unpaired) electrons. The van der Waals surface area contributed by atoms with Gasteiger partial charge in [-0.3, -0.25) is 19.3 Å². The Morgan fingerprint density at radius 1 is 0.939 bits per heavy atom. The van der Waals surface area contributed by atoms with E-state index < -0.39 is 10.0 Å². The number of sulfonamides is 1. The Kier molecular flexibility index (Phi) is 6.44. The fourth-order valence-corrected chi connectivity index (χ4v) is 6.00. The fourth-order valence-electron chi connectivity index (χ4n) is 4.56. The number of hydrogen-bond acceptors (Lipinski definition) is 7. The molecule has 1 aromatic carbocycles. The van der Waals surface area contributed by atoms with Crippen LogP contribution in [0.1, 0.15) is 12.8 Å². The van der Waals surface area contributed by atoms with Crippen molar-refractivity contribution in [3.05, 3.63) is 30.4 Å². The number of methoxy groups -OCH3 is 2. The minimum Gasteiger partial charge on any atom is -0.493 e. The Morgan fingerprint density at radius 3 is 2.06 bits per heavy atom. The van der Waals surface area contributed by atoms with Gasteiger partial charge in [-0.05, 0) is 25.0 Å². The molecule has 1 aromatic rings. The third-order valence-corrected chi connectivity index (χ3v) is 8.37. The molecule has 10 nitrogen and oxygen atoms in total. The van der Waals surface area contributed by atoms with Crippen LogP contribution in [0.2, 0.25) is 0 Å². The summed E-state index contributed by atoms with van der Waals surface area (Å²) >= 11 is 0. The molecular formula is C22H27N3O7S. The summed E-state index contributed by atoms with van der Waals surface area (Å²) in [7, 11) is -0.890. The molecule has 0 bridgehead atoms. The number of ether oxygens (including phenoxy) is 2. The van der Waals surface area contributed by atoms with E-state index in [0.29, 0.717) is 24.3 Å². The summed E-state index contributed by atoms with van der Waals surface area (Å²) < 4.78 is 37.8. The van der Waals surface area contributed by atoms with Gasteiger partial charge in [-0.15, -0.1) is 0 Å². The van der Waals surface area contributed by atoms with Gasteiger partial charge in [0.25, 0.3) is 0 Å². The highest BCUT2D eigenvalue weighted by Crippen LogP contribution is 2.35. The van der Waals surface area contributed by atoms with Crippen molar-refractivity contribution in [3.8, 4) is 11.5 Å². The van der Waals surface area contributed by atoms with E-state index in [9.17, 15) is 22.8 Å². The predicted octanol–water partition coefficient (Wildman–Crippen LogP) is 0.488. The molecule has 0 spiro atoms. The van der Waals surface area contributed by atoms with Gasteiger partial charge in [0.15, 0.2) is 11.5 Å². The number of carbonyl (C=O) groups excluding carboxylic acids is 3. The van der Waals surface area contributed by atoms with Crippen molar-refractivity contribution in [2.24, 2.45) is 11.8 Å². The van der Waals surface area contributed by atoms with E-state index in [4.69, 9.17) is 9.47 Å². The first kappa shape index (κ1) is 23.2. The van der Waals surface area contributed by atoms with Gasteiger partial charge in [0.05, 0.1) is 31.0 Å². The van der Waals surface area contributed by atoms with Gasteiger partial charge in [0.2, 0.25) is 27.7 Å². The van der Waals surface area contributed by atoms with Crippen molar-refractivity contribution in [2.45, 2.75) is 17.7 Å². The van der Waals surface area contributed by atoms with Gasteiger partial charge in [-0.1, -0.05) is 12.2 Å². The molecule has 2 unspecified atom stereocenters. The lowest BCUT2D eigenvalue weighted by Crippen LogP contribution is -2.53. The molecule has 2 fully saturated rings. The summed E-state index contributed by atoms with van der Waals surface area (Å²) in [6, 6.07) is 4.39. The number of allylic oxidation sites excluding steroid dienone is 2. The third kappa shape index (κ3) is 4.22. The SMILES string of the molecule is COc1ccc(S(=O)(=O)N2CCN(C(=O)CN3C(=O)C4CC=CCC4C3=O)CC2)cc1OC. The van der Waals surface area contributed by atoms with E-state index in [1.807, 2.05) is 12.2 Å². The van der Waals surface area contributed by atoms with Crippen LogP contribution < -0.4 is 9.47 Å². The molecule has 2 aliphatic heterocycles. The van der Waals surface area contributed by atoms with Crippen molar-refractivity contribution >= 4 is 27.7 Å². The van der Waals surface area contributed by atoms with Crippen molar-refractivity contribution in [1.29, 1.82) is 0 Å². The molecule has 3 amide bonds. The third-order valence-electron chi connectivity index (χ3n) is 6.48. The van der Waals surface area contributed by atoms with Gasteiger partial charge >= 0.3 is 0 Å². The number of nitrogens with zero attached hydrogens (tertiary/aromatic N) is 3. The summed E-state index contributed by atoms with van der Waals surface area (Å²) in [5, 5.41) is 0. The highest BCUT2D eigenvalue weighted by molar-refractivity contribution is 7.89. The normalized spacial score (nSPS) is 23.6. The van der Waals surface area contributed by atoms with Crippen molar-refractivity contribution in [3.63, 3.8) is 0 Å². The van der Waals surface area contributed by atoms with E-state index >= 15 is 0 Å². The van der Waals surface area contributed by atoms with E-state index in [0.717, 1.165) is 4.90 Å². The summed E-state index contributed by atoms with van der Waals surface area (Å²) in [5.41, 5.74) is 0. The second-order valence-corrected chi connectivity index (χ2v) is 10.2. The molecule has 3 aliphatic rings. The van der Waals surface area contributed by atoms with Crippen LogP contribution in [0, 0.1) is 11.8 Å². The first-order chi connectivity index (χ1) is 15.8. The van der Waals surface area contributed by atoms with Crippen LogP contribution in [0.25, 0.3) is 0 Å².